The third-order valence-electron chi connectivity index (χ3n) is 4.79. The summed E-state index contributed by atoms with van der Waals surface area (Å²) in [6, 6.07) is 8.26. The van der Waals surface area contributed by atoms with Gasteiger partial charge in [0.05, 0.1) is 0 Å². The largest absolute Gasteiger partial charge is 0.356 e. The second kappa shape index (κ2) is 11.2. The van der Waals surface area contributed by atoms with E-state index in [0.29, 0.717) is 18.8 Å². The average Bonchev–Trinajstić information content (AvgIpc) is 2.68. The summed E-state index contributed by atoms with van der Waals surface area (Å²) in [5, 5.41) is 3.68. The number of aromatic nitrogens is 2. The summed E-state index contributed by atoms with van der Waals surface area (Å²) in [6.45, 7) is 8.87. The van der Waals surface area contributed by atoms with E-state index in [9.17, 15) is 9.59 Å². The molecule has 0 spiro atoms. The van der Waals surface area contributed by atoms with Crippen LogP contribution in [0.3, 0.4) is 0 Å². The number of benzene rings is 1. The molecule has 0 radical (unpaired) electrons. The summed E-state index contributed by atoms with van der Waals surface area (Å²) in [5.74, 6) is 1.43. The third kappa shape index (κ3) is 7.35. The van der Waals surface area contributed by atoms with Crippen LogP contribution in [-0.4, -0.2) is 27.8 Å². The highest BCUT2D eigenvalue weighted by molar-refractivity contribution is 7.99. The molecule has 0 aliphatic carbocycles. The topological polar surface area (TPSA) is 64.0 Å². The van der Waals surface area contributed by atoms with Crippen molar-refractivity contribution in [3.63, 3.8) is 0 Å². The molecule has 2 aromatic rings. The Morgan fingerprint density at radius 2 is 1.86 bits per heavy atom. The van der Waals surface area contributed by atoms with Crippen molar-refractivity contribution >= 4 is 17.7 Å². The van der Waals surface area contributed by atoms with Crippen LogP contribution >= 0.6 is 11.8 Å². The average molecular weight is 416 g/mol. The van der Waals surface area contributed by atoms with Crippen LogP contribution in [0.5, 0.6) is 0 Å². The predicted molar refractivity (Wildman–Crippen MR) is 121 cm³/mol. The van der Waals surface area contributed by atoms with Gasteiger partial charge >= 0.3 is 0 Å². The molecule has 29 heavy (non-hydrogen) atoms. The molecule has 1 aromatic carbocycles. The van der Waals surface area contributed by atoms with Crippen molar-refractivity contribution < 1.29 is 4.79 Å². The molecule has 0 aliphatic rings. The zero-order valence-electron chi connectivity index (χ0n) is 18.2. The lowest BCUT2D eigenvalue weighted by Crippen LogP contribution is -2.27. The van der Waals surface area contributed by atoms with Crippen molar-refractivity contribution in [2.45, 2.75) is 58.5 Å². The van der Waals surface area contributed by atoms with Crippen molar-refractivity contribution in [1.82, 2.24) is 14.9 Å². The molecule has 0 unspecified atom stereocenters. The highest BCUT2D eigenvalue weighted by atomic mass is 32.2. The summed E-state index contributed by atoms with van der Waals surface area (Å²) >= 11 is 1.58. The minimum Gasteiger partial charge on any atom is -0.356 e. The monoisotopic (exact) mass is 415 g/mol. The van der Waals surface area contributed by atoms with E-state index >= 15 is 0 Å². The van der Waals surface area contributed by atoms with Gasteiger partial charge < -0.3 is 5.32 Å². The lowest BCUT2D eigenvalue weighted by molar-refractivity contribution is -0.121. The number of hydrogen-bond donors (Lipinski definition) is 1. The lowest BCUT2D eigenvalue weighted by atomic mass is 10.0. The molecular weight excluding hydrogens is 382 g/mol. The molecule has 2 rings (SSSR count). The molecule has 6 heteroatoms. The SMILES string of the molecule is Cc1ccc(Cc2c(C)nc(SCCCCC(=O)NCC(C)C)n(C)c2=O)cc1. The summed E-state index contributed by atoms with van der Waals surface area (Å²) in [6.07, 6.45) is 2.91. The molecule has 5 nitrogen and oxygen atoms in total. The van der Waals surface area contributed by atoms with E-state index in [1.165, 1.54) is 5.56 Å². The van der Waals surface area contributed by atoms with E-state index in [1.807, 2.05) is 6.92 Å². The first-order valence-corrected chi connectivity index (χ1v) is 11.3. The highest BCUT2D eigenvalue weighted by Gasteiger charge is 2.13. The Morgan fingerprint density at radius 3 is 2.52 bits per heavy atom. The van der Waals surface area contributed by atoms with Crippen LogP contribution in [0.4, 0.5) is 0 Å². The number of amides is 1. The maximum Gasteiger partial charge on any atom is 0.257 e. The van der Waals surface area contributed by atoms with Gasteiger partial charge in [0.15, 0.2) is 5.16 Å². The fourth-order valence-electron chi connectivity index (χ4n) is 2.93. The van der Waals surface area contributed by atoms with Gasteiger partial charge in [-0.05, 0) is 38.2 Å². The smallest absolute Gasteiger partial charge is 0.257 e. The minimum atomic E-state index is 0.0219. The van der Waals surface area contributed by atoms with Crippen LogP contribution in [0, 0.1) is 19.8 Å². The zero-order chi connectivity index (χ0) is 21.4. The quantitative estimate of drug-likeness (QED) is 0.362. The number of rotatable bonds is 10. The van der Waals surface area contributed by atoms with E-state index < -0.39 is 0 Å². The summed E-state index contributed by atoms with van der Waals surface area (Å²) in [5.41, 5.74) is 3.90. The van der Waals surface area contributed by atoms with Gasteiger partial charge in [-0.25, -0.2) is 4.98 Å². The van der Waals surface area contributed by atoms with Gasteiger partial charge in [-0.3, -0.25) is 14.2 Å². The van der Waals surface area contributed by atoms with Crippen LogP contribution in [0.1, 0.15) is 55.5 Å². The fraction of sp³-hybridized carbons (Fsp3) is 0.522. The molecule has 1 heterocycles. The molecule has 0 aliphatic heterocycles. The number of thioether (sulfide) groups is 1. The summed E-state index contributed by atoms with van der Waals surface area (Å²) < 4.78 is 1.65. The van der Waals surface area contributed by atoms with Crippen LogP contribution in [0.15, 0.2) is 34.2 Å². The Kier molecular flexibility index (Phi) is 8.96. The van der Waals surface area contributed by atoms with Crippen molar-refractivity contribution in [2.75, 3.05) is 12.3 Å². The number of nitrogens with one attached hydrogen (secondary N) is 1. The Balaban J connectivity index is 1.90. The standard InChI is InChI=1S/C23H33N3O2S/c1-16(2)15-24-21(27)8-6-7-13-29-23-25-18(4)20(22(28)26(23)5)14-19-11-9-17(3)10-12-19/h9-12,16H,6-8,13-15H2,1-5H3,(H,24,27). The molecule has 158 valence electrons. The first kappa shape index (κ1) is 23.2. The van der Waals surface area contributed by atoms with Gasteiger partial charge in [-0.1, -0.05) is 55.4 Å². The molecule has 0 saturated carbocycles. The van der Waals surface area contributed by atoms with Gasteiger partial charge in [0.1, 0.15) is 0 Å². The van der Waals surface area contributed by atoms with Gasteiger partial charge in [-0.2, -0.15) is 0 Å². The van der Waals surface area contributed by atoms with Crippen molar-refractivity contribution in [2.24, 2.45) is 13.0 Å². The maximum atomic E-state index is 12.8. The molecular formula is C23H33N3O2S. The molecule has 0 atom stereocenters. The van der Waals surface area contributed by atoms with Gasteiger partial charge in [0.25, 0.3) is 5.56 Å². The van der Waals surface area contributed by atoms with Crippen LogP contribution in [0.2, 0.25) is 0 Å². The Hall–Kier alpha value is -2.08. The van der Waals surface area contributed by atoms with E-state index in [-0.39, 0.29) is 11.5 Å². The molecule has 1 aromatic heterocycles. The summed E-state index contributed by atoms with van der Waals surface area (Å²) in [4.78, 5) is 29.3. The number of carbonyl (C=O) groups excluding carboxylic acids is 1. The number of aryl methyl sites for hydroxylation is 2. The number of hydrogen-bond acceptors (Lipinski definition) is 4. The van der Waals surface area contributed by atoms with Gasteiger partial charge in [0.2, 0.25) is 5.91 Å². The van der Waals surface area contributed by atoms with Gasteiger partial charge in [-0.15, -0.1) is 0 Å². The normalized spacial score (nSPS) is 11.1. The number of carbonyl (C=O) groups is 1. The second-order valence-corrected chi connectivity index (χ2v) is 9.05. The van der Waals surface area contributed by atoms with Crippen LogP contribution in [0.25, 0.3) is 0 Å². The van der Waals surface area contributed by atoms with E-state index in [0.717, 1.165) is 47.1 Å². The highest BCUT2D eigenvalue weighted by Crippen LogP contribution is 2.18. The van der Waals surface area contributed by atoms with E-state index in [2.05, 4.69) is 55.3 Å². The number of unbranched alkanes of at least 4 members (excludes halogenated alkanes) is 1. The molecule has 0 fully saturated rings. The Labute approximate surface area is 178 Å². The van der Waals surface area contributed by atoms with E-state index in [1.54, 1.807) is 23.4 Å². The van der Waals surface area contributed by atoms with Crippen molar-refractivity contribution in [3.8, 4) is 0 Å². The zero-order valence-corrected chi connectivity index (χ0v) is 19.1. The molecule has 1 N–H and O–H groups in total. The predicted octanol–water partition coefficient (Wildman–Crippen LogP) is 4.02. The molecule has 0 bridgehead atoms. The number of nitrogens with zero attached hydrogens (tertiary/aromatic N) is 2. The van der Waals surface area contributed by atoms with Crippen molar-refractivity contribution in [3.05, 3.63) is 57.0 Å². The van der Waals surface area contributed by atoms with E-state index in [4.69, 9.17) is 0 Å². The Morgan fingerprint density at radius 1 is 1.17 bits per heavy atom. The molecule has 0 saturated heterocycles. The van der Waals surface area contributed by atoms with Crippen molar-refractivity contribution in [1.29, 1.82) is 0 Å². The van der Waals surface area contributed by atoms with Crippen LogP contribution < -0.4 is 10.9 Å². The first-order chi connectivity index (χ1) is 13.8. The minimum absolute atomic E-state index is 0.0219. The summed E-state index contributed by atoms with van der Waals surface area (Å²) in [7, 11) is 1.79. The lowest BCUT2D eigenvalue weighted by Gasteiger charge is -2.12. The Bertz CT molecular complexity index is 873. The van der Waals surface area contributed by atoms with Gasteiger partial charge in [0, 0.05) is 43.4 Å². The first-order valence-electron chi connectivity index (χ1n) is 10.3. The van der Waals surface area contributed by atoms with Crippen LogP contribution in [-0.2, 0) is 18.3 Å². The maximum absolute atomic E-state index is 12.8. The molecule has 1 amide bonds. The third-order valence-corrected chi connectivity index (χ3v) is 5.90. The fourth-order valence-corrected chi connectivity index (χ4v) is 3.94. The second-order valence-electron chi connectivity index (χ2n) is 7.99.